The van der Waals surface area contributed by atoms with Crippen molar-refractivity contribution in [3.05, 3.63) is 35.9 Å². The van der Waals surface area contributed by atoms with Crippen molar-refractivity contribution in [2.45, 2.75) is 64.0 Å². The summed E-state index contributed by atoms with van der Waals surface area (Å²) in [7, 11) is 0. The Morgan fingerprint density at radius 2 is 1.90 bits per heavy atom. The lowest BCUT2D eigenvalue weighted by Gasteiger charge is -2.33. The van der Waals surface area contributed by atoms with Gasteiger partial charge in [-0.15, -0.1) is 25.6 Å². The van der Waals surface area contributed by atoms with E-state index in [9.17, 15) is 13.2 Å². The van der Waals surface area contributed by atoms with Crippen LogP contribution in [0.4, 0.5) is 13.2 Å². The van der Waals surface area contributed by atoms with Gasteiger partial charge in [0.1, 0.15) is 17.4 Å². The molecule has 1 saturated carbocycles. The van der Waals surface area contributed by atoms with Crippen LogP contribution >= 0.6 is 12.4 Å². The van der Waals surface area contributed by atoms with E-state index < -0.39 is 6.36 Å². The molecule has 6 nitrogen and oxygen atoms in total. The lowest BCUT2D eigenvalue weighted by molar-refractivity contribution is -0.274. The fourth-order valence-electron chi connectivity index (χ4n) is 3.52. The molecule has 0 amide bonds. The van der Waals surface area contributed by atoms with E-state index in [1.807, 2.05) is 0 Å². The Balaban J connectivity index is 0.00000300. The summed E-state index contributed by atoms with van der Waals surface area (Å²) in [4.78, 5) is 4.58. The number of hydrogen-bond donors (Lipinski definition) is 1. The minimum absolute atomic E-state index is 0. The molecule has 0 saturated heterocycles. The van der Waals surface area contributed by atoms with Crippen LogP contribution in [0.15, 0.2) is 24.3 Å². The van der Waals surface area contributed by atoms with Crippen LogP contribution in [0.1, 0.15) is 50.2 Å². The number of aryl methyl sites for hydroxylation is 1. The van der Waals surface area contributed by atoms with E-state index in [1.54, 1.807) is 23.7 Å². The molecular formula is C19H26ClF3N4O2. The molecule has 1 aromatic heterocycles. The van der Waals surface area contributed by atoms with Crippen molar-refractivity contribution in [1.82, 2.24) is 14.8 Å². The van der Waals surface area contributed by atoms with Crippen LogP contribution < -0.4 is 10.5 Å². The normalized spacial score (nSPS) is 22.2. The third kappa shape index (κ3) is 6.07. The maximum Gasteiger partial charge on any atom is 0.573 e. The molecule has 0 spiro atoms. The van der Waals surface area contributed by atoms with Gasteiger partial charge in [-0.05, 0) is 56.9 Å². The molecule has 1 aromatic carbocycles. The van der Waals surface area contributed by atoms with E-state index >= 15 is 0 Å². The zero-order valence-electron chi connectivity index (χ0n) is 16.4. The topological polar surface area (TPSA) is 75.2 Å². The highest BCUT2D eigenvalue weighted by molar-refractivity contribution is 5.85. The van der Waals surface area contributed by atoms with E-state index in [2.05, 4.69) is 21.7 Å². The molecule has 29 heavy (non-hydrogen) atoms. The Hall–Kier alpha value is -1.84. The molecule has 3 rings (SSSR count). The summed E-state index contributed by atoms with van der Waals surface area (Å²) in [5.41, 5.74) is 6.84. The molecule has 0 aliphatic heterocycles. The van der Waals surface area contributed by atoms with E-state index in [4.69, 9.17) is 10.5 Å². The van der Waals surface area contributed by atoms with Gasteiger partial charge in [0.25, 0.3) is 0 Å². The molecule has 1 heterocycles. The number of ether oxygens (including phenoxy) is 2. The summed E-state index contributed by atoms with van der Waals surface area (Å²) in [6, 6.07) is 5.62. The number of halogens is 4. The number of benzene rings is 1. The van der Waals surface area contributed by atoms with Crippen molar-refractivity contribution < 1.29 is 22.6 Å². The Labute approximate surface area is 174 Å². The average Bonchev–Trinajstić information content (AvgIpc) is 3.02. The predicted molar refractivity (Wildman–Crippen MR) is 105 cm³/mol. The number of alkyl halides is 3. The molecule has 10 heteroatoms. The molecule has 3 atom stereocenters. The van der Waals surface area contributed by atoms with Gasteiger partial charge in [-0.2, -0.15) is 5.10 Å². The molecule has 1 fully saturated rings. The van der Waals surface area contributed by atoms with Gasteiger partial charge in [0.2, 0.25) is 0 Å². The van der Waals surface area contributed by atoms with Crippen LogP contribution in [0.2, 0.25) is 0 Å². The van der Waals surface area contributed by atoms with Gasteiger partial charge in [0.05, 0.1) is 11.8 Å². The molecule has 2 N–H and O–H groups in total. The minimum Gasteiger partial charge on any atom is -0.406 e. The average molecular weight is 435 g/mol. The lowest BCUT2D eigenvalue weighted by Crippen LogP contribution is -2.42. The molecule has 0 bridgehead atoms. The Morgan fingerprint density at radius 3 is 2.52 bits per heavy atom. The molecule has 1 aliphatic rings. The largest absolute Gasteiger partial charge is 0.573 e. The summed E-state index contributed by atoms with van der Waals surface area (Å²) in [6.45, 7) is 4.51. The maximum atomic E-state index is 12.4. The monoisotopic (exact) mass is 434 g/mol. The van der Waals surface area contributed by atoms with Crippen molar-refractivity contribution in [1.29, 1.82) is 0 Å². The van der Waals surface area contributed by atoms with Gasteiger partial charge in [-0.1, -0.05) is 6.92 Å². The maximum absolute atomic E-state index is 12.4. The van der Waals surface area contributed by atoms with Crippen LogP contribution in [-0.2, 0) is 4.74 Å². The molecular weight excluding hydrogens is 409 g/mol. The Morgan fingerprint density at radius 1 is 1.21 bits per heavy atom. The third-order valence-electron chi connectivity index (χ3n) is 4.80. The fraction of sp³-hybridized carbons (Fsp3) is 0.579. The first-order chi connectivity index (χ1) is 13.3. The SMILES string of the molecule is CCCO[C@@H]1C[C@@H](c2nc(C)nn2-c2ccc(OC(F)(F)F)cc2)CC[C@H]1N.Cl. The van der Waals surface area contributed by atoms with Crippen molar-refractivity contribution >= 4 is 12.4 Å². The molecule has 0 unspecified atom stereocenters. The molecule has 0 radical (unpaired) electrons. The molecule has 1 aliphatic carbocycles. The number of hydrogen-bond acceptors (Lipinski definition) is 5. The van der Waals surface area contributed by atoms with Crippen molar-refractivity contribution in [2.75, 3.05) is 6.61 Å². The Bertz CT molecular complexity index is 783. The summed E-state index contributed by atoms with van der Waals surface area (Å²) >= 11 is 0. The fourth-order valence-corrected chi connectivity index (χ4v) is 3.52. The smallest absolute Gasteiger partial charge is 0.406 e. The highest BCUT2D eigenvalue weighted by Crippen LogP contribution is 2.34. The highest BCUT2D eigenvalue weighted by Gasteiger charge is 2.33. The Kier molecular flexibility index (Phi) is 7.90. The van der Waals surface area contributed by atoms with E-state index in [0.717, 1.165) is 31.5 Å². The van der Waals surface area contributed by atoms with Gasteiger partial charge in [0, 0.05) is 18.6 Å². The summed E-state index contributed by atoms with van der Waals surface area (Å²) in [6.07, 6.45) is -1.40. The van der Waals surface area contributed by atoms with E-state index in [-0.39, 0.29) is 36.2 Å². The van der Waals surface area contributed by atoms with Gasteiger partial charge < -0.3 is 15.2 Å². The quantitative estimate of drug-likeness (QED) is 0.734. The second-order valence-electron chi connectivity index (χ2n) is 7.05. The first-order valence-electron chi connectivity index (χ1n) is 9.43. The van der Waals surface area contributed by atoms with Crippen LogP contribution in [0.3, 0.4) is 0 Å². The number of nitrogens with zero attached hydrogens (tertiary/aromatic N) is 3. The van der Waals surface area contributed by atoms with Crippen LogP contribution in [-0.4, -0.2) is 39.9 Å². The number of rotatable bonds is 6. The first-order valence-corrected chi connectivity index (χ1v) is 9.43. The van der Waals surface area contributed by atoms with Crippen molar-refractivity contribution in [3.63, 3.8) is 0 Å². The highest BCUT2D eigenvalue weighted by atomic mass is 35.5. The van der Waals surface area contributed by atoms with Crippen molar-refractivity contribution in [3.8, 4) is 11.4 Å². The minimum atomic E-state index is -4.72. The summed E-state index contributed by atoms with van der Waals surface area (Å²) < 4.78 is 48.6. The second-order valence-corrected chi connectivity index (χ2v) is 7.05. The zero-order chi connectivity index (χ0) is 20.3. The first kappa shape index (κ1) is 23.4. The van der Waals surface area contributed by atoms with Gasteiger partial charge in [0.15, 0.2) is 0 Å². The number of aromatic nitrogens is 3. The third-order valence-corrected chi connectivity index (χ3v) is 4.80. The van der Waals surface area contributed by atoms with Crippen molar-refractivity contribution in [2.24, 2.45) is 5.73 Å². The van der Waals surface area contributed by atoms with Crippen LogP contribution in [0.25, 0.3) is 5.69 Å². The molecule has 162 valence electrons. The van der Waals surface area contributed by atoms with Gasteiger partial charge >= 0.3 is 6.36 Å². The van der Waals surface area contributed by atoms with Gasteiger partial charge in [-0.3, -0.25) is 0 Å². The van der Waals surface area contributed by atoms with Crippen LogP contribution in [0, 0.1) is 6.92 Å². The predicted octanol–water partition coefficient (Wildman–Crippen LogP) is 4.29. The summed E-state index contributed by atoms with van der Waals surface area (Å²) in [5, 5.41) is 4.44. The standard InChI is InChI=1S/C19H25F3N4O2.ClH/c1-3-10-27-17-11-13(4-9-16(17)23)18-24-12(2)25-26(18)14-5-7-15(8-6-14)28-19(20,21)22;/h5-8,13,16-17H,3-4,9-11,23H2,1-2H3;1H/t13-,16+,17+;/m0./s1. The lowest BCUT2D eigenvalue weighted by atomic mass is 9.83. The summed E-state index contributed by atoms with van der Waals surface area (Å²) in [5.74, 6) is 1.23. The second kappa shape index (κ2) is 9.77. The van der Waals surface area contributed by atoms with E-state index in [0.29, 0.717) is 18.1 Å². The van der Waals surface area contributed by atoms with E-state index in [1.165, 1.54) is 12.1 Å². The zero-order valence-corrected chi connectivity index (χ0v) is 17.2. The van der Waals surface area contributed by atoms with Crippen LogP contribution in [0.5, 0.6) is 5.75 Å². The molecule has 2 aromatic rings. The number of nitrogens with two attached hydrogens (primary N) is 1. The van der Waals surface area contributed by atoms with Gasteiger partial charge in [-0.25, -0.2) is 9.67 Å².